The van der Waals surface area contributed by atoms with Crippen molar-refractivity contribution in [1.29, 1.82) is 0 Å². The highest BCUT2D eigenvalue weighted by molar-refractivity contribution is 5.75. The van der Waals surface area contributed by atoms with E-state index in [0.29, 0.717) is 0 Å². The Bertz CT molecular complexity index is 655. The highest BCUT2D eigenvalue weighted by Gasteiger charge is 2.45. The van der Waals surface area contributed by atoms with Gasteiger partial charge in [0.05, 0.1) is 13.2 Å². The molecule has 1 amide bonds. The van der Waals surface area contributed by atoms with E-state index >= 15 is 0 Å². The molecule has 4 N–H and O–H groups in total. The number of H-pyrrole nitrogens is 1. The van der Waals surface area contributed by atoms with Crippen LogP contribution in [-0.4, -0.2) is 64.2 Å². The van der Waals surface area contributed by atoms with E-state index in [1.807, 2.05) is 0 Å². The molecule has 10 nitrogen and oxygen atoms in total. The molecule has 128 valence electrons. The summed E-state index contributed by atoms with van der Waals surface area (Å²) < 4.78 is 12.0. The van der Waals surface area contributed by atoms with Crippen LogP contribution in [0.3, 0.4) is 0 Å². The largest absolute Gasteiger partial charge is 0.394 e. The van der Waals surface area contributed by atoms with Gasteiger partial charge in [-0.3, -0.25) is 19.1 Å². The average molecular weight is 329 g/mol. The van der Waals surface area contributed by atoms with Crippen molar-refractivity contribution in [2.24, 2.45) is 0 Å². The minimum absolute atomic E-state index is 0.00247. The lowest BCUT2D eigenvalue weighted by atomic mass is 10.1. The van der Waals surface area contributed by atoms with Gasteiger partial charge in [-0.2, -0.15) is 0 Å². The summed E-state index contributed by atoms with van der Waals surface area (Å²) >= 11 is 0. The third kappa shape index (κ3) is 3.85. The van der Waals surface area contributed by atoms with E-state index in [2.05, 4.69) is 10.3 Å². The molecule has 0 radical (unpaired) electrons. The predicted molar refractivity (Wildman–Crippen MR) is 76.7 cm³/mol. The fourth-order valence-corrected chi connectivity index (χ4v) is 2.31. The van der Waals surface area contributed by atoms with Gasteiger partial charge >= 0.3 is 5.69 Å². The van der Waals surface area contributed by atoms with Crippen LogP contribution in [0.25, 0.3) is 0 Å². The predicted octanol–water partition coefficient (Wildman–Crippen LogP) is -2.69. The number of carbonyl (C=O) groups excluding carboxylic acids is 1. The zero-order valence-corrected chi connectivity index (χ0v) is 12.5. The van der Waals surface area contributed by atoms with Crippen LogP contribution in [-0.2, 0) is 14.3 Å². The van der Waals surface area contributed by atoms with E-state index in [-0.39, 0.29) is 18.9 Å². The van der Waals surface area contributed by atoms with Crippen LogP contribution in [0.15, 0.2) is 21.9 Å². The van der Waals surface area contributed by atoms with Crippen molar-refractivity contribution < 1.29 is 24.5 Å². The number of aliphatic hydroxyl groups excluding tert-OH is 2. The van der Waals surface area contributed by atoms with Gasteiger partial charge in [0, 0.05) is 25.7 Å². The van der Waals surface area contributed by atoms with Crippen LogP contribution in [0, 0.1) is 0 Å². The van der Waals surface area contributed by atoms with Gasteiger partial charge in [-0.25, -0.2) is 4.79 Å². The smallest absolute Gasteiger partial charge is 0.330 e. The van der Waals surface area contributed by atoms with Gasteiger partial charge in [0.1, 0.15) is 18.3 Å². The number of aromatic amines is 1. The van der Waals surface area contributed by atoms with E-state index < -0.39 is 42.4 Å². The van der Waals surface area contributed by atoms with Crippen LogP contribution in [0.5, 0.6) is 0 Å². The van der Waals surface area contributed by atoms with Gasteiger partial charge in [-0.1, -0.05) is 0 Å². The maximum atomic E-state index is 11.9. The van der Waals surface area contributed by atoms with Gasteiger partial charge in [0.15, 0.2) is 6.23 Å². The summed E-state index contributed by atoms with van der Waals surface area (Å²) in [6.07, 6.45) is -2.85. The van der Waals surface area contributed by atoms with Crippen molar-refractivity contribution in [2.75, 3.05) is 20.3 Å². The Kier molecular flexibility index (Phi) is 5.66. The Labute approximate surface area is 130 Å². The molecule has 2 heterocycles. The maximum absolute atomic E-state index is 11.9. The fraction of sp³-hybridized carbons (Fsp3) is 0.615. The van der Waals surface area contributed by atoms with Crippen molar-refractivity contribution in [3.05, 3.63) is 33.1 Å². The summed E-state index contributed by atoms with van der Waals surface area (Å²) in [7, 11) is 1.49. The van der Waals surface area contributed by atoms with E-state index in [1.165, 1.54) is 13.2 Å². The first-order valence-electron chi connectivity index (χ1n) is 7.06. The number of hydrogen-bond donors (Lipinski definition) is 4. The van der Waals surface area contributed by atoms with Gasteiger partial charge in [0.2, 0.25) is 5.91 Å². The first-order valence-corrected chi connectivity index (χ1v) is 7.06. The third-order valence-corrected chi connectivity index (χ3v) is 3.54. The molecule has 2 rings (SSSR count). The Morgan fingerprint density at radius 2 is 2.26 bits per heavy atom. The summed E-state index contributed by atoms with van der Waals surface area (Å²) in [5.74, 6) is -0.241. The quantitative estimate of drug-likeness (QED) is 0.445. The second-order valence-corrected chi connectivity index (χ2v) is 5.01. The molecule has 1 aromatic heterocycles. The molecule has 1 unspecified atom stereocenters. The molecule has 0 aliphatic carbocycles. The Hall–Kier alpha value is -2.01. The van der Waals surface area contributed by atoms with Gasteiger partial charge < -0.3 is 25.0 Å². The summed E-state index contributed by atoms with van der Waals surface area (Å²) in [5.41, 5.74) is -1.30. The molecule has 1 saturated heterocycles. The molecular formula is C13H19N3O7. The summed E-state index contributed by atoms with van der Waals surface area (Å²) in [5, 5.41) is 21.8. The Morgan fingerprint density at radius 3 is 2.87 bits per heavy atom. The van der Waals surface area contributed by atoms with E-state index in [4.69, 9.17) is 9.47 Å². The highest BCUT2D eigenvalue weighted by Crippen LogP contribution is 2.30. The monoisotopic (exact) mass is 329 g/mol. The van der Waals surface area contributed by atoms with Crippen molar-refractivity contribution in [3.8, 4) is 0 Å². The number of ether oxygens (including phenoxy) is 2. The first kappa shape index (κ1) is 17.3. The van der Waals surface area contributed by atoms with Gasteiger partial charge in [-0.05, 0) is 0 Å². The molecular weight excluding hydrogens is 310 g/mol. The molecule has 1 fully saturated rings. The number of aliphatic hydroxyl groups is 2. The number of carbonyl (C=O) groups is 1. The maximum Gasteiger partial charge on any atom is 0.330 e. The fourth-order valence-electron chi connectivity index (χ4n) is 2.31. The Morgan fingerprint density at radius 1 is 1.52 bits per heavy atom. The molecule has 0 bridgehead atoms. The second-order valence-electron chi connectivity index (χ2n) is 5.01. The van der Waals surface area contributed by atoms with Crippen LogP contribution >= 0.6 is 0 Å². The molecule has 1 aliphatic rings. The molecule has 1 aromatic rings. The molecule has 0 aromatic carbocycles. The molecule has 0 saturated carbocycles. The molecule has 1 aliphatic heterocycles. The summed E-state index contributed by atoms with van der Waals surface area (Å²) in [4.78, 5) is 36.3. The zero-order valence-electron chi connectivity index (χ0n) is 12.5. The molecule has 0 spiro atoms. The van der Waals surface area contributed by atoms with Crippen LogP contribution in [0.1, 0.15) is 12.6 Å². The second kappa shape index (κ2) is 7.51. The number of rotatable bonds is 6. The van der Waals surface area contributed by atoms with Crippen LogP contribution < -0.4 is 16.6 Å². The molecule has 10 heteroatoms. The normalized spacial score (nSPS) is 27.1. The summed E-state index contributed by atoms with van der Waals surface area (Å²) in [6.45, 7) is -0.470. The minimum atomic E-state index is -1.19. The topological polar surface area (TPSA) is 143 Å². The highest BCUT2D eigenvalue weighted by atomic mass is 16.6. The lowest BCUT2D eigenvalue weighted by molar-refractivity contribution is -0.124. The Balaban J connectivity index is 2.18. The van der Waals surface area contributed by atoms with E-state index in [1.54, 1.807) is 0 Å². The lowest BCUT2D eigenvalue weighted by Crippen LogP contribution is -2.39. The van der Waals surface area contributed by atoms with Crippen LogP contribution in [0.4, 0.5) is 0 Å². The van der Waals surface area contributed by atoms with E-state index in [9.17, 15) is 24.6 Å². The van der Waals surface area contributed by atoms with Gasteiger partial charge in [0.25, 0.3) is 5.56 Å². The number of nitrogens with zero attached hydrogens (tertiary/aromatic N) is 1. The number of amides is 1. The van der Waals surface area contributed by atoms with Crippen molar-refractivity contribution in [3.63, 3.8) is 0 Å². The van der Waals surface area contributed by atoms with E-state index in [0.717, 1.165) is 10.6 Å². The van der Waals surface area contributed by atoms with Crippen LogP contribution in [0.2, 0.25) is 0 Å². The first-order chi connectivity index (χ1) is 11.0. The van der Waals surface area contributed by atoms with Crippen molar-refractivity contribution in [2.45, 2.75) is 31.0 Å². The lowest BCUT2D eigenvalue weighted by Gasteiger charge is -2.22. The van der Waals surface area contributed by atoms with Crippen molar-refractivity contribution in [1.82, 2.24) is 14.9 Å². The third-order valence-electron chi connectivity index (χ3n) is 3.54. The number of hydrogen-bond acceptors (Lipinski definition) is 7. The summed E-state index contributed by atoms with van der Waals surface area (Å²) in [6, 6.07) is 1.13. The molecule has 23 heavy (non-hydrogen) atoms. The van der Waals surface area contributed by atoms with Gasteiger partial charge in [-0.15, -0.1) is 0 Å². The van der Waals surface area contributed by atoms with Crippen molar-refractivity contribution >= 4 is 5.91 Å². The molecule has 4 atom stereocenters. The minimum Gasteiger partial charge on any atom is -0.394 e. The standard InChI is InChI=1S/C13H19N3O7/c1-14-8(18)3-5-22-11-10(20)7(6-17)23-12(11)16-4-2-9(19)15-13(16)21/h2,4,7,10-12,17,20H,3,5-6H2,1H3,(H,14,18)(H,15,19,21)/t7-,10?,11+,12-/m1/s1. The SMILES string of the molecule is CNC(=O)CCO[C@H]1C(O)[C@@H](CO)O[C@H]1n1ccc(=O)[nH]c1=O. The zero-order chi connectivity index (χ0) is 17.0. The number of nitrogens with one attached hydrogen (secondary N) is 2. The number of aromatic nitrogens is 2. The average Bonchev–Trinajstić information content (AvgIpc) is 2.83.